The first-order valence-corrected chi connectivity index (χ1v) is 6.77. The molecule has 0 bridgehead atoms. The van der Waals surface area contributed by atoms with E-state index >= 15 is 0 Å². The van der Waals surface area contributed by atoms with Crippen molar-refractivity contribution in [2.75, 3.05) is 0 Å². The van der Waals surface area contributed by atoms with Crippen LogP contribution < -0.4 is 5.73 Å². The Labute approximate surface area is 127 Å². The van der Waals surface area contributed by atoms with Crippen molar-refractivity contribution in [2.24, 2.45) is 5.73 Å². The Balaban J connectivity index is 2.05. The number of hydrogen-bond acceptors (Lipinski definition) is 4. The van der Waals surface area contributed by atoms with Gasteiger partial charge in [0.05, 0.1) is 16.7 Å². The van der Waals surface area contributed by atoms with Crippen molar-refractivity contribution in [1.82, 2.24) is 9.97 Å². The summed E-state index contributed by atoms with van der Waals surface area (Å²) < 4.78 is 0. The van der Waals surface area contributed by atoms with Crippen molar-refractivity contribution >= 4 is 17.5 Å². The molecule has 6 heteroatoms. The first kappa shape index (κ1) is 14.9. The number of rotatable bonds is 5. The topological polar surface area (TPSA) is 92.7 Å². The van der Waals surface area contributed by atoms with Gasteiger partial charge >= 0.3 is 0 Å². The van der Waals surface area contributed by atoms with Gasteiger partial charge in [-0.3, -0.25) is 4.79 Å². The normalized spacial score (nSPS) is 10.1. The molecule has 0 aliphatic rings. The largest absolute Gasteiger partial charge is 0.366 e. The van der Waals surface area contributed by atoms with Crippen LogP contribution in [0.5, 0.6) is 0 Å². The number of nitrogens with two attached hydrogens (primary N) is 1. The second kappa shape index (κ2) is 6.82. The van der Waals surface area contributed by atoms with Gasteiger partial charge < -0.3 is 5.73 Å². The van der Waals surface area contributed by atoms with Crippen LogP contribution in [-0.2, 0) is 12.8 Å². The zero-order valence-corrected chi connectivity index (χ0v) is 12.0. The van der Waals surface area contributed by atoms with E-state index in [0.29, 0.717) is 34.8 Å². The van der Waals surface area contributed by atoms with Gasteiger partial charge in [0.25, 0.3) is 0 Å². The van der Waals surface area contributed by atoms with Crippen molar-refractivity contribution in [1.29, 1.82) is 5.26 Å². The zero-order valence-electron chi connectivity index (χ0n) is 11.2. The highest BCUT2D eigenvalue weighted by molar-refractivity contribution is 6.30. The molecule has 0 fully saturated rings. The molecule has 0 unspecified atom stereocenters. The quantitative estimate of drug-likeness (QED) is 0.916. The molecule has 1 amide bonds. The van der Waals surface area contributed by atoms with E-state index in [0.717, 1.165) is 12.0 Å². The molecule has 2 N–H and O–H groups in total. The Morgan fingerprint density at radius 2 is 2.00 bits per heavy atom. The number of carbonyl (C=O) groups excluding carboxylic acids is 1. The second-order valence-corrected chi connectivity index (χ2v) is 4.96. The van der Waals surface area contributed by atoms with Crippen molar-refractivity contribution in [3.63, 3.8) is 0 Å². The highest BCUT2D eigenvalue weighted by atomic mass is 35.5. The van der Waals surface area contributed by atoms with Gasteiger partial charge in [-0.1, -0.05) is 11.6 Å². The number of aromatic nitrogens is 2. The predicted octanol–water partition coefficient (Wildman–Crippen LogP) is 2.28. The number of halogens is 1. The van der Waals surface area contributed by atoms with Crippen LogP contribution in [0, 0.1) is 11.3 Å². The van der Waals surface area contributed by atoms with Gasteiger partial charge in [0.15, 0.2) is 0 Å². The van der Waals surface area contributed by atoms with Crippen molar-refractivity contribution in [3.8, 4) is 6.07 Å². The number of nitriles is 1. The molecule has 0 radical (unpaired) electrons. The van der Waals surface area contributed by atoms with Crippen molar-refractivity contribution in [3.05, 3.63) is 58.1 Å². The fourth-order valence-electron chi connectivity index (χ4n) is 1.97. The number of nitrogens with zero attached hydrogens (tertiary/aromatic N) is 3. The van der Waals surface area contributed by atoms with E-state index < -0.39 is 5.91 Å². The van der Waals surface area contributed by atoms with Crippen LogP contribution in [0.15, 0.2) is 30.6 Å². The van der Waals surface area contributed by atoms with Crippen LogP contribution in [0.4, 0.5) is 0 Å². The van der Waals surface area contributed by atoms with E-state index in [9.17, 15) is 4.79 Å². The maximum Gasteiger partial charge on any atom is 0.248 e. The third-order valence-electron chi connectivity index (χ3n) is 3.03. The number of primary amides is 1. The highest BCUT2D eigenvalue weighted by Gasteiger charge is 2.07. The molecule has 106 valence electrons. The molecule has 2 rings (SSSR count). The molecule has 0 saturated heterocycles. The van der Waals surface area contributed by atoms with E-state index in [2.05, 4.69) is 16.0 Å². The molecule has 0 saturated carbocycles. The average Bonchev–Trinajstić information content (AvgIpc) is 2.49. The first-order chi connectivity index (χ1) is 10.1. The lowest BCUT2D eigenvalue weighted by atomic mass is 9.99. The molecule has 1 aromatic heterocycles. The lowest BCUT2D eigenvalue weighted by Gasteiger charge is -2.06. The van der Waals surface area contributed by atoms with Gasteiger partial charge in [-0.2, -0.15) is 5.26 Å². The van der Waals surface area contributed by atoms with E-state index in [-0.39, 0.29) is 0 Å². The smallest absolute Gasteiger partial charge is 0.248 e. The molecule has 0 atom stereocenters. The predicted molar refractivity (Wildman–Crippen MR) is 78.7 cm³/mol. The maximum absolute atomic E-state index is 11.2. The summed E-state index contributed by atoms with van der Waals surface area (Å²) in [5.41, 5.74) is 7.02. The van der Waals surface area contributed by atoms with Crippen LogP contribution in [0.1, 0.15) is 33.7 Å². The van der Waals surface area contributed by atoms with Gasteiger partial charge in [0.2, 0.25) is 5.91 Å². The molecule has 21 heavy (non-hydrogen) atoms. The third kappa shape index (κ3) is 4.01. The van der Waals surface area contributed by atoms with E-state index in [1.807, 2.05) is 0 Å². The monoisotopic (exact) mass is 300 g/mol. The number of carbonyl (C=O) groups is 1. The minimum atomic E-state index is -0.498. The summed E-state index contributed by atoms with van der Waals surface area (Å²) in [6.45, 7) is 0. The van der Waals surface area contributed by atoms with Crippen LogP contribution >= 0.6 is 11.6 Å². The van der Waals surface area contributed by atoms with Gasteiger partial charge in [0, 0.05) is 24.4 Å². The number of benzene rings is 1. The van der Waals surface area contributed by atoms with Gasteiger partial charge in [-0.25, -0.2) is 9.97 Å². The molecular weight excluding hydrogens is 288 g/mol. The summed E-state index contributed by atoms with van der Waals surface area (Å²) in [6.07, 6.45) is 5.19. The summed E-state index contributed by atoms with van der Waals surface area (Å²) in [4.78, 5) is 19.4. The van der Waals surface area contributed by atoms with Gasteiger partial charge in [-0.15, -0.1) is 0 Å². The van der Waals surface area contributed by atoms with Crippen LogP contribution in [-0.4, -0.2) is 15.9 Å². The molecule has 5 nitrogen and oxygen atoms in total. The van der Waals surface area contributed by atoms with Crippen molar-refractivity contribution in [2.45, 2.75) is 19.3 Å². The summed E-state index contributed by atoms with van der Waals surface area (Å²) in [7, 11) is 0. The zero-order chi connectivity index (χ0) is 15.2. The van der Waals surface area contributed by atoms with Crippen LogP contribution in [0.3, 0.4) is 0 Å². The fourth-order valence-corrected chi connectivity index (χ4v) is 2.07. The Morgan fingerprint density at radius 1 is 1.29 bits per heavy atom. The number of hydrogen-bond donors (Lipinski definition) is 1. The van der Waals surface area contributed by atoms with E-state index in [1.54, 1.807) is 30.6 Å². The summed E-state index contributed by atoms with van der Waals surface area (Å²) >= 11 is 5.72. The highest BCUT2D eigenvalue weighted by Crippen LogP contribution is 2.14. The third-order valence-corrected chi connectivity index (χ3v) is 3.23. The average molecular weight is 301 g/mol. The molecule has 2 aromatic rings. The number of amides is 1. The Bertz CT molecular complexity index is 692. The minimum Gasteiger partial charge on any atom is -0.366 e. The molecule has 0 spiro atoms. The lowest BCUT2D eigenvalue weighted by Crippen LogP contribution is -2.11. The Hall–Kier alpha value is -2.45. The standard InChI is InChI=1S/C15H13ClN4O/c16-13-8-19-14(20-9-13)3-1-2-10-6-11(15(18)21)4-5-12(10)7-17/h4-6,8-9H,1-3H2,(H2,18,21). The van der Waals surface area contributed by atoms with Crippen LogP contribution in [0.2, 0.25) is 5.02 Å². The fraction of sp³-hybridized carbons (Fsp3) is 0.200. The van der Waals surface area contributed by atoms with Gasteiger partial charge in [0.1, 0.15) is 5.82 Å². The molecule has 0 aliphatic heterocycles. The minimum absolute atomic E-state index is 0.409. The molecule has 1 heterocycles. The molecule has 1 aromatic carbocycles. The van der Waals surface area contributed by atoms with Crippen molar-refractivity contribution < 1.29 is 4.79 Å². The Morgan fingerprint density at radius 3 is 2.62 bits per heavy atom. The summed E-state index contributed by atoms with van der Waals surface area (Å²) in [5.74, 6) is 0.200. The number of aryl methyl sites for hydroxylation is 2. The first-order valence-electron chi connectivity index (χ1n) is 6.39. The van der Waals surface area contributed by atoms with Gasteiger partial charge in [-0.05, 0) is 36.6 Å². The second-order valence-electron chi connectivity index (χ2n) is 4.52. The molecular formula is C15H13ClN4O. The maximum atomic E-state index is 11.2. The summed E-state index contributed by atoms with van der Waals surface area (Å²) in [6, 6.07) is 6.97. The van der Waals surface area contributed by atoms with E-state index in [1.165, 1.54) is 0 Å². The lowest BCUT2D eigenvalue weighted by molar-refractivity contribution is 0.1000. The van der Waals surface area contributed by atoms with E-state index in [4.69, 9.17) is 22.6 Å². The van der Waals surface area contributed by atoms with Crippen LogP contribution in [0.25, 0.3) is 0 Å². The SMILES string of the molecule is N#Cc1ccc(C(N)=O)cc1CCCc1ncc(Cl)cn1. The Kier molecular flexibility index (Phi) is 4.85. The molecule has 0 aliphatic carbocycles. The summed E-state index contributed by atoms with van der Waals surface area (Å²) in [5, 5.41) is 9.59.